The second kappa shape index (κ2) is 6.47. The maximum Gasteiger partial charge on any atom is 0.323 e. The number of nitro benzene ring substituents is 1. The fourth-order valence-electron chi connectivity index (χ4n) is 2.19. The van der Waals surface area contributed by atoms with Crippen molar-refractivity contribution in [1.29, 1.82) is 0 Å². The summed E-state index contributed by atoms with van der Waals surface area (Å²) in [5, 5.41) is 23.0. The lowest BCUT2D eigenvalue weighted by Crippen LogP contribution is -2.50. The van der Waals surface area contributed by atoms with Gasteiger partial charge in [0.1, 0.15) is 5.54 Å². The van der Waals surface area contributed by atoms with Gasteiger partial charge in [-0.1, -0.05) is 25.5 Å². The number of nitrogens with zero attached hydrogens (tertiary/aromatic N) is 1. The van der Waals surface area contributed by atoms with E-state index in [0.717, 1.165) is 12.0 Å². The number of carbonyl (C=O) groups is 1. The van der Waals surface area contributed by atoms with Crippen LogP contribution in [0.15, 0.2) is 24.3 Å². The van der Waals surface area contributed by atoms with Crippen molar-refractivity contribution >= 4 is 11.7 Å². The Hall–Kier alpha value is -1.95. The van der Waals surface area contributed by atoms with Crippen LogP contribution in [0.2, 0.25) is 0 Å². The van der Waals surface area contributed by atoms with Crippen LogP contribution in [-0.2, 0) is 4.79 Å². The number of carboxylic acids is 1. The smallest absolute Gasteiger partial charge is 0.323 e. The topological polar surface area (TPSA) is 92.5 Å². The van der Waals surface area contributed by atoms with Gasteiger partial charge in [-0.2, -0.15) is 0 Å². The van der Waals surface area contributed by atoms with Gasteiger partial charge in [0, 0.05) is 18.2 Å². The molecule has 0 aliphatic heterocycles. The average molecular weight is 280 g/mol. The van der Waals surface area contributed by atoms with Gasteiger partial charge in [0.25, 0.3) is 5.69 Å². The van der Waals surface area contributed by atoms with Gasteiger partial charge in [-0.25, -0.2) is 0 Å². The number of rotatable bonds is 7. The zero-order valence-electron chi connectivity index (χ0n) is 11.9. The summed E-state index contributed by atoms with van der Waals surface area (Å²) in [4.78, 5) is 21.5. The zero-order valence-corrected chi connectivity index (χ0v) is 11.9. The maximum atomic E-state index is 11.4. The molecule has 6 heteroatoms. The van der Waals surface area contributed by atoms with Gasteiger partial charge in [-0.3, -0.25) is 20.2 Å². The van der Waals surface area contributed by atoms with E-state index in [1.54, 1.807) is 19.1 Å². The van der Waals surface area contributed by atoms with E-state index in [2.05, 4.69) is 5.32 Å². The van der Waals surface area contributed by atoms with E-state index in [9.17, 15) is 20.0 Å². The Labute approximate surface area is 118 Å². The molecular formula is C14H20N2O4. The average Bonchev–Trinajstić information content (AvgIpc) is 2.38. The summed E-state index contributed by atoms with van der Waals surface area (Å²) in [6.45, 7) is 5.43. The summed E-state index contributed by atoms with van der Waals surface area (Å²) in [7, 11) is 0. The van der Waals surface area contributed by atoms with Crippen molar-refractivity contribution in [3.8, 4) is 0 Å². The van der Waals surface area contributed by atoms with Crippen LogP contribution in [0.5, 0.6) is 0 Å². The Balaban J connectivity index is 2.86. The number of benzene rings is 1. The van der Waals surface area contributed by atoms with Gasteiger partial charge in [-0.05, 0) is 25.8 Å². The quantitative estimate of drug-likeness (QED) is 0.591. The minimum atomic E-state index is -1.00. The molecule has 0 bridgehead atoms. The molecule has 0 spiro atoms. The number of hydrogen-bond donors (Lipinski definition) is 2. The maximum absolute atomic E-state index is 11.4. The van der Waals surface area contributed by atoms with Crippen molar-refractivity contribution in [2.75, 3.05) is 0 Å². The molecule has 2 N–H and O–H groups in total. The summed E-state index contributed by atoms with van der Waals surface area (Å²) in [6, 6.07) is 5.92. The lowest BCUT2D eigenvalue weighted by atomic mass is 9.94. The molecule has 1 rings (SSSR count). The minimum absolute atomic E-state index is 0.0236. The van der Waals surface area contributed by atoms with E-state index < -0.39 is 16.4 Å². The van der Waals surface area contributed by atoms with E-state index in [-0.39, 0.29) is 11.7 Å². The van der Waals surface area contributed by atoms with Gasteiger partial charge in [-0.15, -0.1) is 0 Å². The van der Waals surface area contributed by atoms with E-state index >= 15 is 0 Å². The zero-order chi connectivity index (χ0) is 15.3. The predicted octanol–water partition coefficient (Wildman–Crippen LogP) is 2.89. The molecule has 110 valence electrons. The highest BCUT2D eigenvalue weighted by molar-refractivity contribution is 5.78. The fraction of sp³-hybridized carbons (Fsp3) is 0.500. The first-order valence-corrected chi connectivity index (χ1v) is 6.55. The Morgan fingerprint density at radius 1 is 1.45 bits per heavy atom. The van der Waals surface area contributed by atoms with Crippen LogP contribution in [0.4, 0.5) is 5.69 Å². The molecule has 0 saturated heterocycles. The standard InChI is InChI=1S/C14H20N2O4/c1-4-9-14(3,13(17)18)15-10(2)11-5-7-12(8-6-11)16(19)20/h5-8,10,15H,4,9H2,1-3H3,(H,17,18). The molecule has 0 heterocycles. The Kier molecular flexibility index (Phi) is 5.21. The van der Waals surface area contributed by atoms with Gasteiger partial charge in [0.05, 0.1) is 4.92 Å². The largest absolute Gasteiger partial charge is 0.480 e. The third-order valence-corrected chi connectivity index (χ3v) is 3.36. The van der Waals surface area contributed by atoms with Crippen LogP contribution < -0.4 is 5.32 Å². The van der Waals surface area contributed by atoms with Crippen LogP contribution in [0, 0.1) is 10.1 Å². The van der Waals surface area contributed by atoms with Gasteiger partial charge in [0.15, 0.2) is 0 Å². The third-order valence-electron chi connectivity index (χ3n) is 3.36. The molecule has 0 aromatic heterocycles. The predicted molar refractivity (Wildman–Crippen MR) is 75.6 cm³/mol. The molecule has 6 nitrogen and oxygen atoms in total. The molecule has 20 heavy (non-hydrogen) atoms. The molecule has 2 unspecified atom stereocenters. The van der Waals surface area contributed by atoms with Gasteiger partial charge < -0.3 is 5.11 Å². The lowest BCUT2D eigenvalue weighted by Gasteiger charge is -2.30. The molecule has 0 aliphatic carbocycles. The first-order valence-electron chi connectivity index (χ1n) is 6.55. The number of nitrogens with one attached hydrogen (secondary N) is 1. The van der Waals surface area contributed by atoms with Gasteiger partial charge >= 0.3 is 5.97 Å². The molecule has 1 aromatic carbocycles. The number of nitro groups is 1. The molecule has 0 aliphatic rings. The normalized spacial score (nSPS) is 15.3. The fourth-order valence-corrected chi connectivity index (χ4v) is 2.19. The highest BCUT2D eigenvalue weighted by Gasteiger charge is 2.33. The van der Waals surface area contributed by atoms with Crippen molar-refractivity contribution in [3.63, 3.8) is 0 Å². The van der Waals surface area contributed by atoms with Crippen LogP contribution >= 0.6 is 0 Å². The van der Waals surface area contributed by atoms with Crippen molar-refractivity contribution in [1.82, 2.24) is 5.32 Å². The number of hydrogen-bond acceptors (Lipinski definition) is 4. The van der Waals surface area contributed by atoms with Gasteiger partial charge in [0.2, 0.25) is 0 Å². The molecule has 0 radical (unpaired) electrons. The van der Waals surface area contributed by atoms with Crippen molar-refractivity contribution in [2.45, 2.75) is 45.2 Å². The van der Waals surface area contributed by atoms with E-state index in [4.69, 9.17) is 0 Å². The number of aliphatic carboxylic acids is 1. The highest BCUT2D eigenvalue weighted by atomic mass is 16.6. The molecule has 2 atom stereocenters. The molecular weight excluding hydrogens is 260 g/mol. The Morgan fingerprint density at radius 2 is 2.00 bits per heavy atom. The number of carboxylic acid groups (broad SMARTS) is 1. The Bertz CT molecular complexity index is 486. The van der Waals surface area contributed by atoms with Crippen molar-refractivity contribution in [3.05, 3.63) is 39.9 Å². The van der Waals surface area contributed by atoms with Crippen molar-refractivity contribution < 1.29 is 14.8 Å². The molecule has 1 aromatic rings. The van der Waals surface area contributed by atoms with Crippen LogP contribution in [0.1, 0.15) is 45.2 Å². The van der Waals surface area contributed by atoms with Crippen LogP contribution in [0.25, 0.3) is 0 Å². The summed E-state index contributed by atoms with van der Waals surface area (Å²) in [5.74, 6) is -0.895. The number of non-ortho nitro benzene ring substituents is 1. The van der Waals surface area contributed by atoms with E-state index in [0.29, 0.717) is 6.42 Å². The summed E-state index contributed by atoms with van der Waals surface area (Å²) in [5.41, 5.74) is -0.162. The molecule has 0 fully saturated rings. The molecule has 0 amide bonds. The highest BCUT2D eigenvalue weighted by Crippen LogP contribution is 2.22. The third kappa shape index (κ3) is 3.77. The first kappa shape index (κ1) is 16.1. The summed E-state index contributed by atoms with van der Waals surface area (Å²) in [6.07, 6.45) is 1.27. The van der Waals surface area contributed by atoms with Crippen LogP contribution in [0.3, 0.4) is 0 Å². The Morgan fingerprint density at radius 3 is 2.40 bits per heavy atom. The second-order valence-corrected chi connectivity index (χ2v) is 5.10. The SMILES string of the molecule is CCCC(C)(NC(C)c1ccc([N+](=O)[O-])cc1)C(=O)O. The summed E-state index contributed by atoms with van der Waals surface area (Å²) >= 11 is 0. The first-order chi connectivity index (χ1) is 9.30. The van der Waals surface area contributed by atoms with E-state index in [1.807, 2.05) is 13.8 Å². The minimum Gasteiger partial charge on any atom is -0.480 e. The monoisotopic (exact) mass is 280 g/mol. The lowest BCUT2D eigenvalue weighted by molar-refractivity contribution is -0.384. The second-order valence-electron chi connectivity index (χ2n) is 5.10. The summed E-state index contributed by atoms with van der Waals surface area (Å²) < 4.78 is 0. The van der Waals surface area contributed by atoms with Crippen LogP contribution in [-0.4, -0.2) is 21.5 Å². The van der Waals surface area contributed by atoms with E-state index in [1.165, 1.54) is 12.1 Å². The van der Waals surface area contributed by atoms with Crippen molar-refractivity contribution in [2.24, 2.45) is 0 Å². The molecule has 0 saturated carbocycles.